The Morgan fingerprint density at radius 3 is 2.44 bits per heavy atom. The molecule has 0 saturated heterocycles. The predicted molar refractivity (Wildman–Crippen MR) is 106 cm³/mol. The molecule has 0 aliphatic carbocycles. The van der Waals surface area contributed by atoms with Crippen LogP contribution in [0.15, 0.2) is 42.5 Å². The summed E-state index contributed by atoms with van der Waals surface area (Å²) in [6.45, 7) is 3.82. The molecule has 2 rings (SSSR count). The van der Waals surface area contributed by atoms with Crippen LogP contribution in [0.2, 0.25) is 5.02 Å². The highest BCUT2D eigenvalue weighted by molar-refractivity contribution is 7.99. The normalized spacial score (nSPS) is 10.4. The number of benzene rings is 2. The molecule has 0 heterocycles. The summed E-state index contributed by atoms with van der Waals surface area (Å²) in [4.78, 5) is 23.6. The van der Waals surface area contributed by atoms with Crippen molar-refractivity contribution in [3.8, 4) is 0 Å². The fourth-order valence-electron chi connectivity index (χ4n) is 2.08. The summed E-state index contributed by atoms with van der Waals surface area (Å²) in [5, 5.41) is 5.98. The van der Waals surface area contributed by atoms with Gasteiger partial charge in [0, 0.05) is 17.9 Å². The average molecular weight is 377 g/mol. The van der Waals surface area contributed by atoms with Gasteiger partial charge >= 0.3 is 0 Å². The standard InChI is InChI=1S/C19H21ClN2O2S/c1-3-18(23)21-15-8-9-16(20)17(10-15)22-19(24)12-25-11-14-6-4-13(2)5-7-14/h4-10H,3,11-12H2,1-2H3,(H,21,23)(H,22,24). The lowest BCUT2D eigenvalue weighted by Crippen LogP contribution is -2.15. The molecule has 2 aromatic rings. The Kier molecular flexibility index (Phi) is 7.34. The van der Waals surface area contributed by atoms with Crippen molar-refractivity contribution in [2.45, 2.75) is 26.0 Å². The number of carbonyl (C=O) groups is 2. The van der Waals surface area contributed by atoms with Gasteiger partial charge in [0.25, 0.3) is 0 Å². The SMILES string of the molecule is CCC(=O)Nc1ccc(Cl)c(NC(=O)CSCc2ccc(C)cc2)c1. The second-order valence-electron chi connectivity index (χ2n) is 5.62. The van der Waals surface area contributed by atoms with E-state index in [1.165, 1.54) is 22.9 Å². The van der Waals surface area contributed by atoms with E-state index in [9.17, 15) is 9.59 Å². The van der Waals surface area contributed by atoms with E-state index < -0.39 is 0 Å². The summed E-state index contributed by atoms with van der Waals surface area (Å²) in [5.41, 5.74) is 3.51. The summed E-state index contributed by atoms with van der Waals surface area (Å²) in [5.74, 6) is 0.885. The van der Waals surface area contributed by atoms with Crippen LogP contribution >= 0.6 is 23.4 Å². The highest BCUT2D eigenvalue weighted by atomic mass is 35.5. The van der Waals surface area contributed by atoms with Crippen LogP contribution < -0.4 is 10.6 Å². The Hall–Kier alpha value is -1.98. The first-order valence-electron chi connectivity index (χ1n) is 8.00. The van der Waals surface area contributed by atoms with Crippen LogP contribution in [0, 0.1) is 6.92 Å². The zero-order valence-corrected chi connectivity index (χ0v) is 15.8. The highest BCUT2D eigenvalue weighted by Gasteiger charge is 2.08. The molecule has 0 fully saturated rings. The fourth-order valence-corrected chi connectivity index (χ4v) is 3.03. The van der Waals surface area contributed by atoms with E-state index >= 15 is 0 Å². The number of amides is 2. The monoisotopic (exact) mass is 376 g/mol. The molecule has 0 unspecified atom stereocenters. The van der Waals surface area contributed by atoms with Crippen molar-refractivity contribution in [1.29, 1.82) is 0 Å². The molecule has 0 saturated carbocycles. The van der Waals surface area contributed by atoms with Gasteiger partial charge in [-0.1, -0.05) is 48.4 Å². The number of halogens is 1. The Labute approximate surface area is 157 Å². The first kappa shape index (κ1) is 19.3. The summed E-state index contributed by atoms with van der Waals surface area (Å²) < 4.78 is 0. The number of rotatable bonds is 7. The van der Waals surface area contributed by atoms with Crippen molar-refractivity contribution >= 4 is 46.6 Å². The first-order chi connectivity index (χ1) is 12.0. The highest BCUT2D eigenvalue weighted by Crippen LogP contribution is 2.26. The minimum Gasteiger partial charge on any atom is -0.326 e. The largest absolute Gasteiger partial charge is 0.326 e. The van der Waals surface area contributed by atoms with Crippen LogP contribution in [0.3, 0.4) is 0 Å². The third-order valence-electron chi connectivity index (χ3n) is 3.47. The maximum Gasteiger partial charge on any atom is 0.234 e. The van der Waals surface area contributed by atoms with Crippen LogP contribution in [0.1, 0.15) is 24.5 Å². The van der Waals surface area contributed by atoms with Gasteiger partial charge in [0.2, 0.25) is 11.8 Å². The molecule has 132 valence electrons. The van der Waals surface area contributed by atoms with Gasteiger partial charge in [-0.2, -0.15) is 0 Å². The number of hydrogen-bond donors (Lipinski definition) is 2. The number of nitrogens with one attached hydrogen (secondary N) is 2. The van der Waals surface area contributed by atoms with Crippen LogP contribution in [0.5, 0.6) is 0 Å². The molecule has 6 heteroatoms. The summed E-state index contributed by atoms with van der Waals surface area (Å²) in [6, 6.07) is 13.3. The molecule has 0 spiro atoms. The lowest BCUT2D eigenvalue weighted by atomic mass is 10.2. The van der Waals surface area contributed by atoms with E-state index in [0.29, 0.717) is 28.6 Å². The maximum absolute atomic E-state index is 12.1. The molecule has 4 nitrogen and oxygen atoms in total. The molecule has 0 aliphatic heterocycles. The van der Waals surface area contributed by atoms with Gasteiger partial charge in [0.1, 0.15) is 0 Å². The van der Waals surface area contributed by atoms with Gasteiger partial charge in [0.05, 0.1) is 16.5 Å². The zero-order valence-electron chi connectivity index (χ0n) is 14.3. The van der Waals surface area contributed by atoms with E-state index in [4.69, 9.17) is 11.6 Å². The van der Waals surface area contributed by atoms with Gasteiger partial charge in [-0.15, -0.1) is 11.8 Å². The van der Waals surface area contributed by atoms with E-state index in [0.717, 1.165) is 5.75 Å². The van der Waals surface area contributed by atoms with Crippen molar-refractivity contribution < 1.29 is 9.59 Å². The van der Waals surface area contributed by atoms with Gasteiger partial charge in [0.15, 0.2) is 0 Å². The van der Waals surface area contributed by atoms with Crippen LogP contribution in [-0.4, -0.2) is 17.6 Å². The lowest BCUT2D eigenvalue weighted by Gasteiger charge is -2.10. The van der Waals surface area contributed by atoms with Crippen LogP contribution in [0.25, 0.3) is 0 Å². The minimum absolute atomic E-state index is 0.0896. The van der Waals surface area contributed by atoms with E-state index in [-0.39, 0.29) is 11.8 Å². The van der Waals surface area contributed by atoms with E-state index in [1.807, 2.05) is 6.92 Å². The van der Waals surface area contributed by atoms with Crippen molar-refractivity contribution in [3.63, 3.8) is 0 Å². The molecule has 2 amide bonds. The average Bonchev–Trinajstić information content (AvgIpc) is 2.59. The predicted octanol–water partition coefficient (Wildman–Crippen LogP) is 4.87. The van der Waals surface area contributed by atoms with Crippen molar-refractivity contribution in [2.24, 2.45) is 0 Å². The number of thioether (sulfide) groups is 1. The minimum atomic E-state index is -0.127. The van der Waals surface area contributed by atoms with E-state index in [2.05, 4.69) is 34.9 Å². The Morgan fingerprint density at radius 1 is 1.04 bits per heavy atom. The maximum atomic E-state index is 12.1. The number of hydrogen-bond acceptors (Lipinski definition) is 3. The molecule has 0 bridgehead atoms. The third kappa shape index (κ3) is 6.44. The molecule has 0 radical (unpaired) electrons. The number of aryl methyl sites for hydroxylation is 1. The molecule has 0 atom stereocenters. The molecular formula is C19H21ClN2O2S. The second kappa shape index (κ2) is 9.49. The molecule has 0 aromatic heterocycles. The van der Waals surface area contributed by atoms with Crippen LogP contribution in [-0.2, 0) is 15.3 Å². The third-order valence-corrected chi connectivity index (χ3v) is 4.80. The summed E-state index contributed by atoms with van der Waals surface area (Å²) in [6.07, 6.45) is 0.389. The number of anilines is 2. The molecular weight excluding hydrogens is 356 g/mol. The number of carbonyl (C=O) groups excluding carboxylic acids is 2. The second-order valence-corrected chi connectivity index (χ2v) is 7.02. The molecule has 2 N–H and O–H groups in total. The van der Waals surface area contributed by atoms with Crippen molar-refractivity contribution in [1.82, 2.24) is 0 Å². The van der Waals surface area contributed by atoms with Crippen molar-refractivity contribution in [2.75, 3.05) is 16.4 Å². The van der Waals surface area contributed by atoms with Gasteiger partial charge in [-0.05, 0) is 30.7 Å². The molecule has 2 aromatic carbocycles. The first-order valence-corrected chi connectivity index (χ1v) is 9.53. The molecule has 0 aliphatic rings. The Balaban J connectivity index is 1.87. The van der Waals surface area contributed by atoms with E-state index in [1.54, 1.807) is 25.1 Å². The smallest absolute Gasteiger partial charge is 0.234 e. The van der Waals surface area contributed by atoms with Crippen molar-refractivity contribution in [3.05, 3.63) is 58.6 Å². The Morgan fingerprint density at radius 2 is 1.76 bits per heavy atom. The fraction of sp³-hybridized carbons (Fsp3) is 0.263. The summed E-state index contributed by atoms with van der Waals surface area (Å²) >= 11 is 7.66. The summed E-state index contributed by atoms with van der Waals surface area (Å²) in [7, 11) is 0. The lowest BCUT2D eigenvalue weighted by molar-refractivity contribution is -0.116. The molecule has 25 heavy (non-hydrogen) atoms. The van der Waals surface area contributed by atoms with Crippen LogP contribution in [0.4, 0.5) is 11.4 Å². The van der Waals surface area contributed by atoms with Gasteiger partial charge < -0.3 is 10.6 Å². The van der Waals surface area contributed by atoms with Gasteiger partial charge in [-0.25, -0.2) is 0 Å². The zero-order chi connectivity index (χ0) is 18.2. The quantitative estimate of drug-likeness (QED) is 0.724. The Bertz CT molecular complexity index is 748. The van der Waals surface area contributed by atoms with Gasteiger partial charge in [-0.3, -0.25) is 9.59 Å². The topological polar surface area (TPSA) is 58.2 Å².